The number of carbonyl (C=O) groups excluding carboxylic acids is 2. The molecule has 2 aromatic rings. The van der Waals surface area contributed by atoms with E-state index in [0.717, 1.165) is 11.1 Å². The molecule has 0 radical (unpaired) electrons. The van der Waals surface area contributed by atoms with E-state index in [1.54, 1.807) is 19.1 Å². The van der Waals surface area contributed by atoms with E-state index in [1.807, 2.05) is 55.4 Å². The molecule has 4 nitrogen and oxygen atoms in total. The van der Waals surface area contributed by atoms with Gasteiger partial charge in [0.1, 0.15) is 0 Å². The Morgan fingerprint density at radius 1 is 0.957 bits per heavy atom. The van der Waals surface area contributed by atoms with E-state index in [9.17, 15) is 9.59 Å². The summed E-state index contributed by atoms with van der Waals surface area (Å²) >= 11 is 0. The molecule has 0 heterocycles. The number of hydrogen-bond acceptors (Lipinski definition) is 4. The van der Waals surface area contributed by atoms with E-state index < -0.39 is 0 Å². The summed E-state index contributed by atoms with van der Waals surface area (Å²) in [7, 11) is 3.74. The topological polar surface area (TPSA) is 46.6 Å². The molecule has 23 heavy (non-hydrogen) atoms. The summed E-state index contributed by atoms with van der Waals surface area (Å²) in [4.78, 5) is 25.7. The molecule has 2 rings (SSSR count). The lowest BCUT2D eigenvalue weighted by Crippen LogP contribution is -2.21. The molecule has 4 heteroatoms. The summed E-state index contributed by atoms with van der Waals surface area (Å²) in [5.74, 6) is -0.242. The summed E-state index contributed by atoms with van der Waals surface area (Å²) in [5.41, 5.74) is 3.08. The van der Waals surface area contributed by atoms with Crippen molar-refractivity contribution in [2.75, 3.05) is 27.2 Å². The number of carbonyl (C=O) groups is 2. The Kier molecular flexibility index (Phi) is 5.66. The van der Waals surface area contributed by atoms with Gasteiger partial charge in [0.25, 0.3) is 0 Å². The minimum absolute atomic E-state index is 0.0850. The number of hydrogen-bond donors (Lipinski definition) is 0. The highest BCUT2D eigenvalue weighted by molar-refractivity contribution is 5.98. The third kappa shape index (κ3) is 4.50. The molecule has 2 aromatic carbocycles. The second kappa shape index (κ2) is 7.70. The van der Waals surface area contributed by atoms with Crippen LogP contribution in [0.4, 0.5) is 0 Å². The van der Waals surface area contributed by atoms with Gasteiger partial charge in [-0.05, 0) is 44.3 Å². The van der Waals surface area contributed by atoms with Crippen LogP contribution in [0, 0.1) is 0 Å². The van der Waals surface area contributed by atoms with E-state index in [-0.39, 0.29) is 11.8 Å². The highest BCUT2D eigenvalue weighted by Gasteiger charge is 2.09. The summed E-state index contributed by atoms with van der Waals surface area (Å²) < 4.78 is 5.02. The van der Waals surface area contributed by atoms with Crippen LogP contribution in [0.15, 0.2) is 48.5 Å². The summed E-state index contributed by atoms with van der Waals surface area (Å²) in [5, 5.41) is 0. The Morgan fingerprint density at radius 2 is 1.65 bits per heavy atom. The molecule has 0 saturated carbocycles. The van der Waals surface area contributed by atoms with Crippen molar-refractivity contribution in [2.24, 2.45) is 0 Å². The maximum absolute atomic E-state index is 12.0. The van der Waals surface area contributed by atoms with Gasteiger partial charge < -0.3 is 9.64 Å². The maximum Gasteiger partial charge on any atom is 0.338 e. The second-order valence-corrected chi connectivity index (χ2v) is 5.54. The molecule has 0 N–H and O–H groups in total. The minimum Gasteiger partial charge on any atom is -0.462 e. The highest BCUT2D eigenvalue weighted by atomic mass is 16.5. The molecule has 0 unspecified atom stereocenters. The van der Waals surface area contributed by atoms with Crippen molar-refractivity contribution < 1.29 is 14.3 Å². The lowest BCUT2D eigenvalue weighted by Gasteiger charge is -2.09. The van der Waals surface area contributed by atoms with Gasteiger partial charge in [0.2, 0.25) is 0 Å². The molecule has 0 spiro atoms. The van der Waals surface area contributed by atoms with Gasteiger partial charge in [-0.15, -0.1) is 0 Å². The Balaban J connectivity index is 2.21. The average Bonchev–Trinajstić information content (AvgIpc) is 2.55. The number of esters is 1. The molecular weight excluding hydrogens is 290 g/mol. The molecule has 0 saturated heterocycles. The van der Waals surface area contributed by atoms with Gasteiger partial charge in [-0.25, -0.2) is 4.79 Å². The fraction of sp³-hybridized carbons (Fsp3) is 0.263. The number of likely N-dealkylation sites (N-methyl/N-ethyl adjacent to an activating group) is 1. The van der Waals surface area contributed by atoms with Crippen molar-refractivity contribution in [3.63, 3.8) is 0 Å². The maximum atomic E-state index is 12.0. The van der Waals surface area contributed by atoms with Crippen LogP contribution in [-0.4, -0.2) is 43.9 Å². The molecule has 0 aromatic heterocycles. The van der Waals surface area contributed by atoms with Crippen LogP contribution in [0.5, 0.6) is 0 Å². The summed E-state index contributed by atoms with van der Waals surface area (Å²) in [6.45, 7) is 2.52. The third-order valence-electron chi connectivity index (χ3n) is 3.37. The Morgan fingerprint density at radius 3 is 2.26 bits per heavy atom. The van der Waals surface area contributed by atoms with Crippen LogP contribution >= 0.6 is 0 Å². The van der Waals surface area contributed by atoms with Gasteiger partial charge in [-0.2, -0.15) is 0 Å². The summed E-state index contributed by atoms with van der Waals surface area (Å²) in [6, 6.07) is 14.7. The zero-order chi connectivity index (χ0) is 16.8. The monoisotopic (exact) mass is 311 g/mol. The first-order chi connectivity index (χ1) is 11.0. The van der Waals surface area contributed by atoms with Crippen molar-refractivity contribution in [3.8, 4) is 11.1 Å². The average molecular weight is 311 g/mol. The lowest BCUT2D eigenvalue weighted by atomic mass is 10.0. The lowest BCUT2D eigenvalue weighted by molar-refractivity contribution is 0.0526. The number of ether oxygens (including phenoxy) is 1. The van der Waals surface area contributed by atoms with Gasteiger partial charge in [-0.3, -0.25) is 4.79 Å². The van der Waals surface area contributed by atoms with E-state index >= 15 is 0 Å². The first kappa shape index (κ1) is 16.9. The van der Waals surface area contributed by atoms with Crippen molar-refractivity contribution in [1.29, 1.82) is 0 Å². The predicted octanol–water partition coefficient (Wildman–Crippen LogP) is 3.27. The van der Waals surface area contributed by atoms with E-state index in [0.29, 0.717) is 24.3 Å². The standard InChI is InChI=1S/C19H21NO3/c1-4-23-19(22)17-7-5-6-16(12-17)14-8-10-15(11-9-14)18(21)13-20(2)3/h5-12H,4,13H2,1-3H3. The minimum atomic E-state index is -0.327. The Hall–Kier alpha value is -2.46. The molecule has 120 valence electrons. The van der Waals surface area contributed by atoms with Crippen LogP contribution in [-0.2, 0) is 4.74 Å². The number of rotatable bonds is 6. The number of Topliss-reactive ketones (excluding diaryl/α,β-unsaturated/α-hetero) is 1. The number of nitrogens with zero attached hydrogens (tertiary/aromatic N) is 1. The van der Waals surface area contributed by atoms with Crippen molar-refractivity contribution in [1.82, 2.24) is 4.90 Å². The largest absolute Gasteiger partial charge is 0.462 e. The van der Waals surface area contributed by atoms with Gasteiger partial charge in [0, 0.05) is 5.56 Å². The number of ketones is 1. The molecular formula is C19H21NO3. The van der Waals surface area contributed by atoms with Crippen molar-refractivity contribution in [2.45, 2.75) is 6.92 Å². The molecule has 0 fully saturated rings. The number of benzene rings is 2. The van der Waals surface area contributed by atoms with Crippen LogP contribution in [0.25, 0.3) is 11.1 Å². The van der Waals surface area contributed by atoms with Crippen LogP contribution in [0.1, 0.15) is 27.6 Å². The SMILES string of the molecule is CCOC(=O)c1cccc(-c2ccc(C(=O)CN(C)C)cc2)c1. The van der Waals surface area contributed by atoms with Gasteiger partial charge in [0.15, 0.2) is 5.78 Å². The fourth-order valence-electron chi connectivity index (χ4n) is 2.27. The first-order valence-corrected chi connectivity index (χ1v) is 7.57. The van der Waals surface area contributed by atoms with Crippen molar-refractivity contribution in [3.05, 3.63) is 59.7 Å². The zero-order valence-corrected chi connectivity index (χ0v) is 13.7. The van der Waals surface area contributed by atoms with Crippen LogP contribution < -0.4 is 0 Å². The van der Waals surface area contributed by atoms with E-state index in [2.05, 4.69) is 0 Å². The molecule has 0 aliphatic carbocycles. The Labute approximate surface area is 136 Å². The molecule has 0 atom stereocenters. The molecule has 0 aliphatic heterocycles. The molecule has 0 amide bonds. The van der Waals surface area contributed by atoms with E-state index in [1.165, 1.54) is 0 Å². The smallest absolute Gasteiger partial charge is 0.338 e. The van der Waals surface area contributed by atoms with Gasteiger partial charge >= 0.3 is 5.97 Å². The molecule has 0 aliphatic rings. The van der Waals surface area contributed by atoms with Crippen LogP contribution in [0.3, 0.4) is 0 Å². The quantitative estimate of drug-likeness (QED) is 0.607. The van der Waals surface area contributed by atoms with Crippen molar-refractivity contribution >= 4 is 11.8 Å². The van der Waals surface area contributed by atoms with E-state index in [4.69, 9.17) is 4.74 Å². The normalized spacial score (nSPS) is 10.6. The Bertz CT molecular complexity index is 690. The highest BCUT2D eigenvalue weighted by Crippen LogP contribution is 2.21. The van der Waals surface area contributed by atoms with Gasteiger partial charge in [0.05, 0.1) is 18.7 Å². The fourth-order valence-corrected chi connectivity index (χ4v) is 2.27. The van der Waals surface area contributed by atoms with Gasteiger partial charge in [-0.1, -0.05) is 36.4 Å². The first-order valence-electron chi connectivity index (χ1n) is 7.57. The zero-order valence-electron chi connectivity index (χ0n) is 13.7. The predicted molar refractivity (Wildman–Crippen MR) is 90.7 cm³/mol. The third-order valence-corrected chi connectivity index (χ3v) is 3.37. The summed E-state index contributed by atoms with van der Waals surface area (Å²) in [6.07, 6.45) is 0. The second-order valence-electron chi connectivity index (χ2n) is 5.54. The molecule has 0 bridgehead atoms. The van der Waals surface area contributed by atoms with Crippen LogP contribution in [0.2, 0.25) is 0 Å².